The molecule has 3 heterocycles. The molecule has 29 heavy (non-hydrogen) atoms. The first-order valence-corrected chi connectivity index (χ1v) is 9.78. The molecular formula is C22H24N6O. The van der Waals surface area contributed by atoms with Crippen molar-refractivity contribution in [3.8, 4) is 6.07 Å². The van der Waals surface area contributed by atoms with Crippen molar-refractivity contribution in [1.82, 2.24) is 14.9 Å². The second kappa shape index (κ2) is 7.84. The number of H-pyrrole nitrogens is 1. The molecule has 1 aliphatic heterocycles. The second-order valence-corrected chi connectivity index (χ2v) is 7.58. The van der Waals surface area contributed by atoms with Crippen molar-refractivity contribution in [2.24, 2.45) is 5.92 Å². The predicted molar refractivity (Wildman–Crippen MR) is 114 cm³/mol. The van der Waals surface area contributed by atoms with Crippen molar-refractivity contribution in [3.63, 3.8) is 0 Å². The van der Waals surface area contributed by atoms with Crippen LogP contribution in [0.4, 0.5) is 16.2 Å². The van der Waals surface area contributed by atoms with E-state index in [4.69, 9.17) is 5.26 Å². The summed E-state index contributed by atoms with van der Waals surface area (Å²) in [5.41, 5.74) is 3.25. The Bertz CT molecular complexity index is 1050. The maximum absolute atomic E-state index is 12.8. The molecule has 4 rings (SSSR count). The summed E-state index contributed by atoms with van der Waals surface area (Å²) in [6, 6.07) is 13.2. The average Bonchev–Trinajstić information content (AvgIpc) is 3.23. The molecule has 7 nitrogen and oxygen atoms in total. The van der Waals surface area contributed by atoms with Crippen LogP contribution in [0, 0.1) is 17.2 Å². The minimum Gasteiger partial charge on any atom is -0.369 e. The van der Waals surface area contributed by atoms with Gasteiger partial charge in [0.05, 0.1) is 11.6 Å². The fraction of sp³-hybridized carbons (Fsp3) is 0.318. The van der Waals surface area contributed by atoms with Crippen LogP contribution in [0.5, 0.6) is 0 Å². The smallest absolute Gasteiger partial charge is 0.321 e. The Morgan fingerprint density at radius 2 is 2.10 bits per heavy atom. The molecule has 2 N–H and O–H groups in total. The first-order valence-electron chi connectivity index (χ1n) is 9.78. The molecule has 0 aliphatic carbocycles. The Morgan fingerprint density at radius 1 is 1.31 bits per heavy atom. The number of fused-ring (bicyclic) bond motifs is 1. The number of benzene rings is 1. The van der Waals surface area contributed by atoms with E-state index in [-0.39, 0.29) is 12.1 Å². The summed E-state index contributed by atoms with van der Waals surface area (Å²) < 4.78 is 0. The number of hydrogen-bond donors (Lipinski definition) is 2. The van der Waals surface area contributed by atoms with E-state index in [1.54, 1.807) is 24.3 Å². The number of urea groups is 1. The lowest BCUT2D eigenvalue weighted by Gasteiger charge is -2.42. The summed E-state index contributed by atoms with van der Waals surface area (Å²) >= 11 is 0. The van der Waals surface area contributed by atoms with E-state index < -0.39 is 0 Å². The van der Waals surface area contributed by atoms with Crippen LogP contribution in [0.1, 0.15) is 18.9 Å². The Hall–Kier alpha value is -3.53. The lowest BCUT2D eigenvalue weighted by molar-refractivity contribution is 0.172. The van der Waals surface area contributed by atoms with Crippen LogP contribution < -0.4 is 10.2 Å². The summed E-state index contributed by atoms with van der Waals surface area (Å²) in [7, 11) is 2.09. The Balaban J connectivity index is 1.49. The molecule has 148 valence electrons. The third-order valence-electron chi connectivity index (χ3n) is 5.79. The van der Waals surface area contributed by atoms with E-state index in [2.05, 4.69) is 40.2 Å². The van der Waals surface area contributed by atoms with Crippen LogP contribution in [0.3, 0.4) is 0 Å². The van der Waals surface area contributed by atoms with Gasteiger partial charge in [-0.1, -0.05) is 6.92 Å². The number of pyridine rings is 1. The lowest BCUT2D eigenvalue weighted by atomic mass is 9.92. The maximum Gasteiger partial charge on any atom is 0.321 e. The highest BCUT2D eigenvalue weighted by atomic mass is 16.2. The highest BCUT2D eigenvalue weighted by Gasteiger charge is 2.32. The summed E-state index contributed by atoms with van der Waals surface area (Å²) in [5.74, 6) is 0.459. The molecule has 2 atom stereocenters. The molecular weight excluding hydrogens is 364 g/mol. The minimum absolute atomic E-state index is 0.110. The van der Waals surface area contributed by atoms with Gasteiger partial charge in [-0.05, 0) is 48.7 Å². The number of aromatic nitrogens is 2. The van der Waals surface area contributed by atoms with Crippen molar-refractivity contribution >= 4 is 28.4 Å². The van der Waals surface area contributed by atoms with Gasteiger partial charge in [-0.25, -0.2) is 9.78 Å². The number of likely N-dealkylation sites (N-methyl/N-ethyl adjacent to an activating group) is 1. The van der Waals surface area contributed by atoms with Gasteiger partial charge >= 0.3 is 6.03 Å². The number of rotatable bonds is 3. The topological polar surface area (TPSA) is 88.1 Å². The zero-order valence-corrected chi connectivity index (χ0v) is 16.6. The van der Waals surface area contributed by atoms with Crippen molar-refractivity contribution < 1.29 is 4.79 Å². The molecule has 3 aromatic rings. The van der Waals surface area contributed by atoms with Gasteiger partial charge in [-0.15, -0.1) is 0 Å². The van der Waals surface area contributed by atoms with Crippen LogP contribution >= 0.6 is 0 Å². The van der Waals surface area contributed by atoms with Gasteiger partial charge in [0.2, 0.25) is 0 Å². The SMILES string of the molecule is C[C@@H]1CCN(C(=O)Nc2ccc(C#N)cc2)C[C@@H]1N(C)c1ccnc2[nH]ccc12. The second-order valence-electron chi connectivity index (χ2n) is 7.58. The molecule has 1 aliphatic rings. The number of carbonyl (C=O) groups is 1. The van der Waals surface area contributed by atoms with E-state index in [0.29, 0.717) is 23.7 Å². The zero-order valence-electron chi connectivity index (χ0n) is 16.6. The fourth-order valence-corrected chi connectivity index (χ4v) is 4.00. The van der Waals surface area contributed by atoms with Crippen LogP contribution in [0.25, 0.3) is 11.0 Å². The molecule has 2 aromatic heterocycles. The van der Waals surface area contributed by atoms with E-state index in [0.717, 1.165) is 29.7 Å². The normalized spacial score (nSPS) is 19.0. The van der Waals surface area contributed by atoms with Gasteiger partial charge in [0, 0.05) is 55.3 Å². The molecule has 1 saturated heterocycles. The molecule has 1 aromatic carbocycles. The van der Waals surface area contributed by atoms with Crippen molar-refractivity contribution in [3.05, 3.63) is 54.4 Å². The van der Waals surface area contributed by atoms with Crippen LogP contribution in [0.2, 0.25) is 0 Å². The van der Waals surface area contributed by atoms with Gasteiger partial charge in [-0.3, -0.25) is 0 Å². The van der Waals surface area contributed by atoms with Crippen molar-refractivity contribution in [2.45, 2.75) is 19.4 Å². The van der Waals surface area contributed by atoms with Crippen LogP contribution in [0.15, 0.2) is 48.8 Å². The van der Waals surface area contributed by atoms with E-state index in [1.807, 2.05) is 29.4 Å². The first-order chi connectivity index (χ1) is 14.1. The lowest BCUT2D eigenvalue weighted by Crippen LogP contribution is -2.53. The number of anilines is 2. The number of likely N-dealkylation sites (tertiary alicyclic amines) is 1. The molecule has 0 saturated carbocycles. The number of amides is 2. The summed E-state index contributed by atoms with van der Waals surface area (Å²) in [4.78, 5) is 24.5. The summed E-state index contributed by atoms with van der Waals surface area (Å²) in [6.07, 6.45) is 4.65. The summed E-state index contributed by atoms with van der Waals surface area (Å²) in [6.45, 7) is 3.62. The Kier molecular flexibility index (Phi) is 5.09. The van der Waals surface area contributed by atoms with Crippen molar-refractivity contribution in [2.75, 3.05) is 30.4 Å². The molecule has 0 unspecified atom stereocenters. The Labute approximate surface area is 170 Å². The number of nitrogens with one attached hydrogen (secondary N) is 2. The van der Waals surface area contributed by atoms with Gasteiger partial charge in [0.1, 0.15) is 5.65 Å². The van der Waals surface area contributed by atoms with E-state index >= 15 is 0 Å². The molecule has 1 fully saturated rings. The number of nitrogens with zero attached hydrogens (tertiary/aromatic N) is 4. The number of piperidine rings is 1. The van der Waals surface area contributed by atoms with Crippen LogP contribution in [-0.2, 0) is 0 Å². The largest absolute Gasteiger partial charge is 0.369 e. The van der Waals surface area contributed by atoms with E-state index in [1.165, 1.54) is 0 Å². The highest BCUT2D eigenvalue weighted by Crippen LogP contribution is 2.30. The van der Waals surface area contributed by atoms with Crippen LogP contribution in [-0.4, -0.2) is 47.1 Å². The third-order valence-corrected chi connectivity index (χ3v) is 5.79. The molecule has 2 amide bonds. The fourth-order valence-electron chi connectivity index (χ4n) is 4.00. The summed E-state index contributed by atoms with van der Waals surface area (Å²) in [5, 5.41) is 12.9. The van der Waals surface area contributed by atoms with Crippen molar-refractivity contribution in [1.29, 1.82) is 5.26 Å². The molecule has 0 bridgehead atoms. The number of carbonyl (C=O) groups excluding carboxylic acids is 1. The predicted octanol–water partition coefficient (Wildman–Crippen LogP) is 3.81. The minimum atomic E-state index is -0.110. The Morgan fingerprint density at radius 3 is 2.86 bits per heavy atom. The van der Waals surface area contributed by atoms with Gasteiger partial charge in [-0.2, -0.15) is 5.26 Å². The quantitative estimate of drug-likeness (QED) is 0.714. The average molecular weight is 388 g/mol. The van der Waals surface area contributed by atoms with Gasteiger partial charge < -0.3 is 20.1 Å². The maximum atomic E-state index is 12.8. The highest BCUT2D eigenvalue weighted by molar-refractivity contribution is 5.91. The molecule has 0 radical (unpaired) electrons. The van der Waals surface area contributed by atoms with Gasteiger partial charge in [0.15, 0.2) is 0 Å². The molecule has 0 spiro atoms. The molecule has 7 heteroatoms. The number of aromatic amines is 1. The zero-order chi connectivity index (χ0) is 20.4. The van der Waals surface area contributed by atoms with Gasteiger partial charge in [0.25, 0.3) is 0 Å². The van der Waals surface area contributed by atoms with E-state index in [9.17, 15) is 4.79 Å². The third kappa shape index (κ3) is 3.74. The number of nitriles is 1. The standard InChI is InChI=1S/C22H24N6O/c1-15-9-12-28(22(29)26-17-5-3-16(13-23)4-6-17)14-20(15)27(2)19-8-11-25-21-18(19)7-10-24-21/h3-8,10-11,15,20H,9,12,14H2,1-2H3,(H,24,25)(H,26,29)/t15-,20+/m1/s1. The monoisotopic (exact) mass is 388 g/mol. The number of hydrogen-bond acceptors (Lipinski definition) is 4. The first kappa shape index (κ1) is 18.8.